The fourth-order valence-electron chi connectivity index (χ4n) is 6.64. The SMILES string of the molecule is C1=C2c3ccccc3OC2Cc2c1n1c3c(cccc23)N(c2ccc(-c3cccnc3)cc2)c2ccccc2-1. The number of anilines is 3. The quantitative estimate of drug-likeness (QED) is 0.239. The van der Waals surface area contributed by atoms with Gasteiger partial charge in [-0.05, 0) is 65.2 Å². The normalized spacial score (nSPS) is 16.2. The van der Waals surface area contributed by atoms with Crippen molar-refractivity contribution < 1.29 is 4.74 Å². The summed E-state index contributed by atoms with van der Waals surface area (Å²) in [7, 11) is 0. The van der Waals surface area contributed by atoms with Crippen LogP contribution in [0, 0.1) is 0 Å². The van der Waals surface area contributed by atoms with Crippen LogP contribution in [0.3, 0.4) is 0 Å². The van der Waals surface area contributed by atoms with Crippen LogP contribution in [-0.4, -0.2) is 15.7 Å². The number of benzene rings is 4. The van der Waals surface area contributed by atoms with Crippen LogP contribution in [-0.2, 0) is 6.42 Å². The first kappa shape index (κ1) is 20.9. The highest BCUT2D eigenvalue weighted by atomic mass is 16.5. The number of aromatic nitrogens is 2. The number of para-hydroxylation sites is 4. The van der Waals surface area contributed by atoms with Crippen molar-refractivity contribution in [1.82, 2.24) is 9.55 Å². The molecule has 184 valence electrons. The maximum atomic E-state index is 6.42. The molecular formula is C35H23N3O. The molecular weight excluding hydrogens is 478 g/mol. The lowest BCUT2D eigenvalue weighted by molar-refractivity contribution is 0.276. The average Bonchev–Trinajstić information content (AvgIpc) is 3.53. The zero-order valence-corrected chi connectivity index (χ0v) is 21.1. The lowest BCUT2D eigenvalue weighted by Gasteiger charge is -2.33. The Morgan fingerprint density at radius 2 is 1.54 bits per heavy atom. The summed E-state index contributed by atoms with van der Waals surface area (Å²) in [6.45, 7) is 0. The average molecular weight is 502 g/mol. The van der Waals surface area contributed by atoms with Gasteiger partial charge in [0.05, 0.1) is 28.3 Å². The number of fused-ring (bicyclic) bond motifs is 8. The van der Waals surface area contributed by atoms with E-state index in [4.69, 9.17) is 4.74 Å². The standard InChI is InChI=1S/C35H23N3O/c1-4-13-33-25(8-1)28-19-32-27(20-34(28)39-33)26-9-5-12-31-35(26)38(32)30-11-3-2-10-29(30)37(31)24-16-14-22(15-17-24)23-7-6-18-36-21-23/h1-19,21,34H,20H2. The van der Waals surface area contributed by atoms with Gasteiger partial charge < -0.3 is 14.2 Å². The Bertz CT molecular complexity index is 1970. The molecule has 2 aromatic heterocycles. The van der Waals surface area contributed by atoms with E-state index in [0.717, 1.165) is 29.0 Å². The summed E-state index contributed by atoms with van der Waals surface area (Å²) >= 11 is 0. The smallest absolute Gasteiger partial charge is 0.129 e. The molecule has 0 N–H and O–H groups in total. The van der Waals surface area contributed by atoms with Crippen LogP contribution < -0.4 is 9.64 Å². The molecule has 0 bridgehead atoms. The van der Waals surface area contributed by atoms with Crippen molar-refractivity contribution >= 4 is 39.6 Å². The third kappa shape index (κ3) is 2.86. The van der Waals surface area contributed by atoms with Gasteiger partial charge in [0, 0.05) is 41.0 Å². The second-order valence-electron chi connectivity index (χ2n) is 10.4. The number of hydrogen-bond donors (Lipinski definition) is 0. The van der Waals surface area contributed by atoms with E-state index in [-0.39, 0.29) is 6.10 Å². The van der Waals surface area contributed by atoms with E-state index in [1.807, 2.05) is 18.5 Å². The second kappa shape index (κ2) is 7.71. The van der Waals surface area contributed by atoms with Crippen LogP contribution in [0.5, 0.6) is 5.75 Å². The monoisotopic (exact) mass is 501 g/mol. The Kier molecular flexibility index (Phi) is 4.14. The summed E-state index contributed by atoms with van der Waals surface area (Å²) in [5.74, 6) is 0.990. The van der Waals surface area contributed by atoms with Crippen molar-refractivity contribution in [2.45, 2.75) is 12.5 Å². The predicted octanol–water partition coefficient (Wildman–Crippen LogP) is 8.33. The van der Waals surface area contributed by atoms with E-state index in [0.29, 0.717) is 0 Å². The maximum Gasteiger partial charge on any atom is 0.129 e. The molecule has 4 aromatic carbocycles. The van der Waals surface area contributed by atoms with E-state index in [2.05, 4.69) is 118 Å². The molecule has 1 unspecified atom stereocenters. The van der Waals surface area contributed by atoms with Gasteiger partial charge in [-0.15, -0.1) is 0 Å². The molecule has 4 heteroatoms. The van der Waals surface area contributed by atoms with Crippen LogP contribution >= 0.6 is 0 Å². The number of hydrogen-bond acceptors (Lipinski definition) is 3. The zero-order chi connectivity index (χ0) is 25.5. The first-order valence-corrected chi connectivity index (χ1v) is 13.4. The Morgan fingerprint density at radius 1 is 0.718 bits per heavy atom. The van der Waals surface area contributed by atoms with E-state index >= 15 is 0 Å². The highest BCUT2D eigenvalue weighted by Crippen LogP contribution is 2.52. The van der Waals surface area contributed by atoms with Crippen LogP contribution in [0.25, 0.3) is 39.4 Å². The summed E-state index contributed by atoms with van der Waals surface area (Å²) in [6, 6.07) is 36.8. The Morgan fingerprint density at radius 3 is 2.41 bits per heavy atom. The molecule has 9 rings (SSSR count). The maximum absolute atomic E-state index is 6.42. The number of ether oxygens (including phenoxy) is 1. The molecule has 0 radical (unpaired) electrons. The van der Waals surface area contributed by atoms with Gasteiger partial charge in [0.1, 0.15) is 11.9 Å². The van der Waals surface area contributed by atoms with Gasteiger partial charge in [0.2, 0.25) is 0 Å². The molecule has 0 saturated heterocycles. The van der Waals surface area contributed by atoms with Crippen molar-refractivity contribution in [1.29, 1.82) is 0 Å². The molecule has 0 spiro atoms. The molecule has 4 nitrogen and oxygen atoms in total. The summed E-state index contributed by atoms with van der Waals surface area (Å²) < 4.78 is 8.89. The highest BCUT2D eigenvalue weighted by molar-refractivity contribution is 6.08. The molecule has 1 atom stereocenters. The third-order valence-electron chi connectivity index (χ3n) is 8.33. The number of rotatable bonds is 2. The Balaban J connectivity index is 1.27. The number of pyridine rings is 1. The first-order chi connectivity index (χ1) is 19.3. The van der Waals surface area contributed by atoms with E-state index in [1.54, 1.807) is 0 Å². The lowest BCUT2D eigenvalue weighted by atomic mass is 9.90. The Hall–Kier alpha value is -5.09. The summed E-state index contributed by atoms with van der Waals surface area (Å²) in [4.78, 5) is 6.69. The minimum atomic E-state index is 0.0599. The van der Waals surface area contributed by atoms with Crippen molar-refractivity contribution in [2.75, 3.05) is 4.90 Å². The van der Waals surface area contributed by atoms with Gasteiger partial charge >= 0.3 is 0 Å². The summed E-state index contributed by atoms with van der Waals surface area (Å²) in [5, 5.41) is 1.30. The van der Waals surface area contributed by atoms with E-state index in [9.17, 15) is 0 Å². The van der Waals surface area contributed by atoms with E-state index < -0.39 is 0 Å². The van der Waals surface area contributed by atoms with Crippen LogP contribution in [0.2, 0.25) is 0 Å². The van der Waals surface area contributed by atoms with Crippen LogP contribution in [0.1, 0.15) is 16.8 Å². The van der Waals surface area contributed by atoms with E-state index in [1.165, 1.54) is 50.4 Å². The first-order valence-electron chi connectivity index (χ1n) is 13.4. The molecule has 4 heterocycles. The lowest BCUT2D eigenvalue weighted by Crippen LogP contribution is -2.21. The minimum Gasteiger partial charge on any atom is -0.485 e. The molecule has 0 amide bonds. The van der Waals surface area contributed by atoms with Crippen molar-refractivity contribution in [3.63, 3.8) is 0 Å². The van der Waals surface area contributed by atoms with Gasteiger partial charge in [0.15, 0.2) is 0 Å². The topological polar surface area (TPSA) is 30.3 Å². The summed E-state index contributed by atoms with van der Waals surface area (Å²) in [5.41, 5.74) is 13.4. The molecule has 3 aliphatic rings. The zero-order valence-electron chi connectivity index (χ0n) is 21.1. The van der Waals surface area contributed by atoms with Gasteiger partial charge in [-0.2, -0.15) is 0 Å². The molecule has 2 aliphatic heterocycles. The van der Waals surface area contributed by atoms with Crippen molar-refractivity contribution in [3.8, 4) is 22.6 Å². The van der Waals surface area contributed by atoms with Gasteiger partial charge in [0.25, 0.3) is 0 Å². The molecule has 6 aromatic rings. The van der Waals surface area contributed by atoms with Crippen molar-refractivity contribution in [3.05, 3.63) is 132 Å². The minimum absolute atomic E-state index is 0.0599. The fraction of sp³-hybridized carbons (Fsp3) is 0.0571. The third-order valence-corrected chi connectivity index (χ3v) is 8.33. The predicted molar refractivity (Wildman–Crippen MR) is 157 cm³/mol. The van der Waals surface area contributed by atoms with Gasteiger partial charge in [-0.3, -0.25) is 4.98 Å². The molecule has 39 heavy (non-hydrogen) atoms. The molecule has 1 aliphatic carbocycles. The van der Waals surface area contributed by atoms with Gasteiger partial charge in [-0.1, -0.05) is 60.7 Å². The highest BCUT2D eigenvalue weighted by Gasteiger charge is 2.37. The van der Waals surface area contributed by atoms with Crippen LogP contribution in [0.15, 0.2) is 116 Å². The van der Waals surface area contributed by atoms with Crippen molar-refractivity contribution in [2.24, 2.45) is 0 Å². The Labute approximate surface area is 226 Å². The fourth-order valence-corrected chi connectivity index (χ4v) is 6.64. The van der Waals surface area contributed by atoms with Gasteiger partial charge in [-0.25, -0.2) is 0 Å². The largest absolute Gasteiger partial charge is 0.485 e. The summed E-state index contributed by atoms with van der Waals surface area (Å²) in [6.07, 6.45) is 7.02. The molecule has 0 saturated carbocycles. The number of nitrogens with zero attached hydrogens (tertiary/aromatic N) is 3. The second-order valence-corrected chi connectivity index (χ2v) is 10.4. The van der Waals surface area contributed by atoms with Crippen LogP contribution in [0.4, 0.5) is 17.1 Å². The molecule has 0 fully saturated rings.